The highest BCUT2D eigenvalue weighted by atomic mass is 16.5. The van der Waals surface area contributed by atoms with Gasteiger partial charge >= 0.3 is 0 Å². The van der Waals surface area contributed by atoms with Crippen LogP contribution in [0.15, 0.2) is 42.6 Å². The van der Waals surface area contributed by atoms with E-state index in [2.05, 4.69) is 40.3 Å². The van der Waals surface area contributed by atoms with Crippen LogP contribution >= 0.6 is 0 Å². The molecular weight excluding hydrogens is 312 g/mol. The standard InChI is InChI=1S/C20H24N4O/c1-15(18-5-3-4-6-19(18)25-2)23-17-9-11-24(12-10-17)20-8-7-16(13-21)14-22-20/h3-8,14-15,17,23H,9-12H2,1-2H3. The highest BCUT2D eigenvalue weighted by Crippen LogP contribution is 2.26. The first kappa shape index (κ1) is 17.2. The fourth-order valence-corrected chi connectivity index (χ4v) is 3.38. The normalized spacial score (nSPS) is 16.3. The zero-order valence-electron chi connectivity index (χ0n) is 14.8. The van der Waals surface area contributed by atoms with Crippen molar-refractivity contribution in [3.05, 3.63) is 53.7 Å². The highest BCUT2D eigenvalue weighted by molar-refractivity contribution is 5.42. The minimum absolute atomic E-state index is 0.251. The average molecular weight is 336 g/mol. The lowest BCUT2D eigenvalue weighted by molar-refractivity contribution is 0.364. The molecule has 1 fully saturated rings. The van der Waals surface area contributed by atoms with Crippen molar-refractivity contribution in [2.24, 2.45) is 0 Å². The summed E-state index contributed by atoms with van der Waals surface area (Å²) in [5, 5.41) is 12.6. The molecule has 5 heteroatoms. The number of nitrogens with zero attached hydrogens (tertiary/aromatic N) is 3. The van der Waals surface area contributed by atoms with Gasteiger partial charge in [0.15, 0.2) is 0 Å². The zero-order chi connectivity index (χ0) is 17.6. The van der Waals surface area contributed by atoms with Gasteiger partial charge < -0.3 is 15.0 Å². The number of ether oxygens (including phenoxy) is 1. The van der Waals surface area contributed by atoms with Gasteiger partial charge in [-0.15, -0.1) is 0 Å². The zero-order valence-corrected chi connectivity index (χ0v) is 14.8. The van der Waals surface area contributed by atoms with Gasteiger partial charge in [-0.2, -0.15) is 5.26 Å². The van der Waals surface area contributed by atoms with Gasteiger partial charge in [0.25, 0.3) is 0 Å². The third-order valence-corrected chi connectivity index (χ3v) is 4.79. The summed E-state index contributed by atoms with van der Waals surface area (Å²) < 4.78 is 5.47. The van der Waals surface area contributed by atoms with Gasteiger partial charge in [0, 0.05) is 36.9 Å². The lowest BCUT2D eigenvalue weighted by Gasteiger charge is -2.34. The summed E-state index contributed by atoms with van der Waals surface area (Å²) in [6, 6.07) is 14.8. The molecule has 0 spiro atoms. The van der Waals surface area contributed by atoms with Gasteiger partial charge in [0.1, 0.15) is 17.6 Å². The van der Waals surface area contributed by atoms with Crippen LogP contribution in [0.25, 0.3) is 0 Å². The van der Waals surface area contributed by atoms with Crippen LogP contribution in [0.5, 0.6) is 5.75 Å². The number of rotatable bonds is 5. The van der Waals surface area contributed by atoms with E-state index in [-0.39, 0.29) is 6.04 Å². The van der Waals surface area contributed by atoms with E-state index < -0.39 is 0 Å². The van der Waals surface area contributed by atoms with E-state index in [9.17, 15) is 0 Å². The number of nitrogens with one attached hydrogen (secondary N) is 1. The monoisotopic (exact) mass is 336 g/mol. The van der Waals surface area contributed by atoms with Crippen molar-refractivity contribution < 1.29 is 4.74 Å². The lowest BCUT2D eigenvalue weighted by atomic mass is 10.0. The molecule has 0 amide bonds. The van der Waals surface area contributed by atoms with Crippen LogP contribution in [-0.2, 0) is 0 Å². The van der Waals surface area contributed by atoms with Crippen LogP contribution in [0.2, 0.25) is 0 Å². The SMILES string of the molecule is COc1ccccc1C(C)NC1CCN(c2ccc(C#N)cn2)CC1. The van der Waals surface area contributed by atoms with Crippen LogP contribution < -0.4 is 15.0 Å². The molecule has 0 aliphatic carbocycles. The topological polar surface area (TPSA) is 61.2 Å². The molecule has 3 rings (SSSR count). The molecule has 1 unspecified atom stereocenters. The lowest BCUT2D eigenvalue weighted by Crippen LogP contribution is -2.43. The molecule has 0 radical (unpaired) electrons. The van der Waals surface area contributed by atoms with Crippen molar-refractivity contribution in [2.45, 2.75) is 31.8 Å². The van der Waals surface area contributed by atoms with E-state index in [0.717, 1.165) is 37.5 Å². The molecule has 1 atom stereocenters. The minimum atomic E-state index is 0.251. The Morgan fingerprint density at radius 2 is 2.00 bits per heavy atom. The smallest absolute Gasteiger partial charge is 0.128 e. The molecule has 0 saturated carbocycles. The predicted molar refractivity (Wildman–Crippen MR) is 98.7 cm³/mol. The molecule has 2 aromatic rings. The summed E-state index contributed by atoms with van der Waals surface area (Å²) in [6.45, 7) is 4.12. The number of anilines is 1. The summed E-state index contributed by atoms with van der Waals surface area (Å²) in [4.78, 5) is 6.68. The first-order chi connectivity index (χ1) is 12.2. The number of benzene rings is 1. The molecule has 0 bridgehead atoms. The maximum absolute atomic E-state index is 8.87. The van der Waals surface area contributed by atoms with Crippen LogP contribution in [0, 0.1) is 11.3 Å². The summed E-state index contributed by atoms with van der Waals surface area (Å²) >= 11 is 0. The second-order valence-corrected chi connectivity index (χ2v) is 6.41. The number of methoxy groups -OCH3 is 1. The van der Waals surface area contributed by atoms with E-state index in [1.165, 1.54) is 5.56 Å². The third-order valence-electron chi connectivity index (χ3n) is 4.79. The number of hydrogen-bond acceptors (Lipinski definition) is 5. The second-order valence-electron chi connectivity index (χ2n) is 6.41. The Hall–Kier alpha value is -2.58. The van der Waals surface area contributed by atoms with E-state index in [4.69, 9.17) is 10.00 Å². The third kappa shape index (κ3) is 4.09. The number of hydrogen-bond donors (Lipinski definition) is 1. The number of nitriles is 1. The highest BCUT2D eigenvalue weighted by Gasteiger charge is 2.22. The number of aromatic nitrogens is 1. The quantitative estimate of drug-likeness (QED) is 0.908. The summed E-state index contributed by atoms with van der Waals surface area (Å²) in [7, 11) is 1.72. The van der Waals surface area contributed by atoms with Gasteiger partial charge in [0.2, 0.25) is 0 Å². The van der Waals surface area contributed by atoms with Crippen molar-refractivity contribution in [3.63, 3.8) is 0 Å². The fraction of sp³-hybridized carbons (Fsp3) is 0.400. The predicted octanol–water partition coefficient (Wildman–Crippen LogP) is 3.28. The number of piperidine rings is 1. The van der Waals surface area contributed by atoms with Gasteiger partial charge in [-0.1, -0.05) is 18.2 Å². The molecule has 1 aliphatic rings. The van der Waals surface area contributed by atoms with E-state index in [0.29, 0.717) is 11.6 Å². The van der Waals surface area contributed by atoms with Crippen LogP contribution in [0.4, 0.5) is 5.82 Å². The van der Waals surface area contributed by atoms with Crippen molar-refractivity contribution >= 4 is 5.82 Å². The summed E-state index contributed by atoms with van der Waals surface area (Å²) in [5.41, 5.74) is 1.80. The summed E-state index contributed by atoms with van der Waals surface area (Å²) in [5.74, 6) is 1.89. The van der Waals surface area contributed by atoms with E-state index in [1.807, 2.05) is 24.3 Å². The number of para-hydroxylation sites is 1. The first-order valence-corrected chi connectivity index (χ1v) is 8.71. The first-order valence-electron chi connectivity index (χ1n) is 8.71. The molecule has 25 heavy (non-hydrogen) atoms. The fourth-order valence-electron chi connectivity index (χ4n) is 3.38. The van der Waals surface area contributed by atoms with Gasteiger partial charge in [-0.25, -0.2) is 4.98 Å². The molecule has 1 aromatic heterocycles. The Morgan fingerprint density at radius 3 is 2.64 bits per heavy atom. The Morgan fingerprint density at radius 1 is 1.24 bits per heavy atom. The minimum Gasteiger partial charge on any atom is -0.496 e. The summed E-state index contributed by atoms with van der Waals surface area (Å²) in [6.07, 6.45) is 3.78. The van der Waals surface area contributed by atoms with E-state index >= 15 is 0 Å². The number of pyridine rings is 1. The van der Waals surface area contributed by atoms with Crippen molar-refractivity contribution in [1.29, 1.82) is 5.26 Å². The Bertz CT molecular complexity index is 730. The largest absolute Gasteiger partial charge is 0.496 e. The van der Waals surface area contributed by atoms with Gasteiger partial charge in [0.05, 0.1) is 12.7 Å². The average Bonchev–Trinajstić information content (AvgIpc) is 2.68. The Kier molecular flexibility index (Phi) is 5.52. The Labute approximate surface area is 149 Å². The molecule has 130 valence electrons. The molecular formula is C20H24N4O. The molecule has 1 aromatic carbocycles. The molecule has 1 aliphatic heterocycles. The van der Waals surface area contributed by atoms with Crippen molar-refractivity contribution in [1.82, 2.24) is 10.3 Å². The molecule has 1 saturated heterocycles. The molecule has 1 N–H and O–H groups in total. The van der Waals surface area contributed by atoms with Crippen LogP contribution in [0.3, 0.4) is 0 Å². The Balaban J connectivity index is 1.56. The van der Waals surface area contributed by atoms with Crippen molar-refractivity contribution in [2.75, 3.05) is 25.1 Å². The molecule has 5 nitrogen and oxygen atoms in total. The van der Waals surface area contributed by atoms with Crippen molar-refractivity contribution in [3.8, 4) is 11.8 Å². The maximum atomic E-state index is 8.87. The van der Waals surface area contributed by atoms with Crippen LogP contribution in [-0.4, -0.2) is 31.2 Å². The van der Waals surface area contributed by atoms with Gasteiger partial charge in [-0.3, -0.25) is 0 Å². The second kappa shape index (κ2) is 8.00. The van der Waals surface area contributed by atoms with Gasteiger partial charge in [-0.05, 0) is 38.0 Å². The van der Waals surface area contributed by atoms with E-state index in [1.54, 1.807) is 13.3 Å². The maximum Gasteiger partial charge on any atom is 0.128 e. The molecule has 2 heterocycles. The van der Waals surface area contributed by atoms with Crippen LogP contribution in [0.1, 0.15) is 36.9 Å².